The van der Waals surface area contributed by atoms with Gasteiger partial charge in [0.2, 0.25) is 0 Å². The van der Waals surface area contributed by atoms with Gasteiger partial charge in [-0.3, -0.25) is 0 Å². The number of aryl methyl sites for hydroxylation is 1. The predicted octanol–water partition coefficient (Wildman–Crippen LogP) is 5.16. The monoisotopic (exact) mass is 498 g/mol. The summed E-state index contributed by atoms with van der Waals surface area (Å²) in [6.45, 7) is 8.41. The van der Waals surface area contributed by atoms with Gasteiger partial charge in [0.25, 0.3) is 0 Å². The number of urea groups is 1. The van der Waals surface area contributed by atoms with E-state index in [0.29, 0.717) is 43.0 Å². The number of piperazine rings is 1. The molecule has 2 aliphatic heterocycles. The molecule has 0 unspecified atom stereocenters. The van der Waals surface area contributed by atoms with E-state index in [1.807, 2.05) is 26.0 Å². The van der Waals surface area contributed by atoms with Crippen LogP contribution in [0.25, 0.3) is 17.0 Å². The number of rotatable bonds is 4. The lowest BCUT2D eigenvalue weighted by molar-refractivity contribution is 0.161. The lowest BCUT2D eigenvalue weighted by Gasteiger charge is -2.38. The summed E-state index contributed by atoms with van der Waals surface area (Å²) < 4.78 is 12.1. The van der Waals surface area contributed by atoms with Crippen molar-refractivity contribution in [3.63, 3.8) is 0 Å². The minimum atomic E-state index is -0.486. The van der Waals surface area contributed by atoms with Crippen molar-refractivity contribution in [3.05, 3.63) is 69.6 Å². The van der Waals surface area contributed by atoms with Crippen LogP contribution in [0.4, 0.5) is 16.2 Å². The van der Waals surface area contributed by atoms with Gasteiger partial charge in [0.15, 0.2) is 0 Å². The Bertz CT molecular complexity index is 1470. The van der Waals surface area contributed by atoms with E-state index in [0.717, 1.165) is 40.8 Å². The number of hydrogen-bond acceptors (Lipinski definition) is 6. The molecular weight excluding hydrogens is 468 g/mol. The van der Waals surface area contributed by atoms with Gasteiger partial charge in [-0.2, -0.15) is 5.26 Å². The van der Waals surface area contributed by atoms with Crippen LogP contribution in [0.3, 0.4) is 0 Å². The molecule has 37 heavy (non-hydrogen) atoms. The summed E-state index contributed by atoms with van der Waals surface area (Å²) in [7, 11) is 0. The number of fused-ring (bicyclic) bond motifs is 3. The van der Waals surface area contributed by atoms with Crippen LogP contribution < -0.4 is 20.6 Å². The van der Waals surface area contributed by atoms with Crippen LogP contribution in [0.5, 0.6) is 5.75 Å². The average molecular weight is 499 g/mol. The minimum Gasteiger partial charge on any atom is -0.482 e. The lowest BCUT2D eigenvalue weighted by Crippen LogP contribution is -2.50. The van der Waals surface area contributed by atoms with E-state index in [4.69, 9.17) is 14.4 Å². The summed E-state index contributed by atoms with van der Waals surface area (Å²) in [4.78, 5) is 29.2. The number of nitrogens with zero attached hydrogens (tertiary/aromatic N) is 3. The second kappa shape index (κ2) is 9.66. The Morgan fingerprint density at radius 2 is 1.86 bits per heavy atom. The van der Waals surface area contributed by atoms with Crippen molar-refractivity contribution in [1.29, 1.82) is 5.26 Å². The number of benzene rings is 2. The molecule has 1 saturated heterocycles. The van der Waals surface area contributed by atoms with Gasteiger partial charge < -0.3 is 24.3 Å². The van der Waals surface area contributed by atoms with Crippen molar-refractivity contribution in [1.82, 2.24) is 4.90 Å². The van der Waals surface area contributed by atoms with Gasteiger partial charge in [-0.05, 0) is 62.2 Å². The Morgan fingerprint density at radius 3 is 2.54 bits per heavy atom. The fourth-order valence-electron chi connectivity index (χ4n) is 4.93. The van der Waals surface area contributed by atoms with E-state index in [1.54, 1.807) is 35.2 Å². The maximum absolute atomic E-state index is 12.8. The van der Waals surface area contributed by atoms with E-state index < -0.39 is 5.60 Å². The first-order valence-corrected chi connectivity index (χ1v) is 12.6. The molecule has 1 fully saturated rings. The van der Waals surface area contributed by atoms with E-state index in [2.05, 4.69) is 29.3 Å². The van der Waals surface area contributed by atoms with Crippen LogP contribution in [-0.4, -0.2) is 42.7 Å². The SMILES string of the molecule is CCCc1cc(=O)oc2cc(N3CCN(C(=O)Nc4ccc(C#N)cc4)CC3)c3c(c12)OC(C)(C)C=C3. The molecule has 3 heterocycles. The highest BCUT2D eigenvalue weighted by molar-refractivity contribution is 5.97. The third-order valence-corrected chi connectivity index (χ3v) is 6.79. The van der Waals surface area contributed by atoms with Crippen molar-refractivity contribution in [2.45, 2.75) is 39.2 Å². The van der Waals surface area contributed by atoms with Crippen molar-refractivity contribution in [2.24, 2.45) is 0 Å². The summed E-state index contributed by atoms with van der Waals surface area (Å²) in [6, 6.07) is 12.2. The number of hydrogen-bond donors (Lipinski definition) is 1. The molecule has 2 amide bonds. The van der Waals surface area contributed by atoms with Crippen molar-refractivity contribution < 1.29 is 13.9 Å². The normalized spacial score (nSPS) is 16.2. The van der Waals surface area contributed by atoms with Crippen molar-refractivity contribution >= 4 is 34.5 Å². The fraction of sp³-hybridized carbons (Fsp3) is 0.345. The van der Waals surface area contributed by atoms with Crippen LogP contribution >= 0.6 is 0 Å². The molecule has 8 heteroatoms. The van der Waals surface area contributed by atoms with E-state index in [1.165, 1.54) is 0 Å². The highest BCUT2D eigenvalue weighted by Crippen LogP contribution is 2.44. The molecule has 0 saturated carbocycles. The molecule has 0 aliphatic carbocycles. The molecule has 0 spiro atoms. The molecule has 5 rings (SSSR count). The molecule has 3 aromatic rings. The van der Waals surface area contributed by atoms with Gasteiger partial charge in [0.05, 0.1) is 22.7 Å². The Labute approximate surface area is 215 Å². The Hall–Kier alpha value is -4.25. The van der Waals surface area contributed by atoms with Crippen LogP contribution in [0.2, 0.25) is 0 Å². The second-order valence-corrected chi connectivity index (χ2v) is 9.98. The number of anilines is 2. The highest BCUT2D eigenvalue weighted by Gasteiger charge is 2.30. The Morgan fingerprint density at radius 1 is 1.14 bits per heavy atom. The molecule has 0 radical (unpaired) electrons. The second-order valence-electron chi connectivity index (χ2n) is 9.98. The number of amides is 2. The Balaban J connectivity index is 1.42. The van der Waals surface area contributed by atoms with Crippen LogP contribution in [0, 0.1) is 11.3 Å². The molecule has 0 atom stereocenters. The maximum atomic E-state index is 12.8. The average Bonchev–Trinajstić information content (AvgIpc) is 2.88. The molecular formula is C29H30N4O4. The van der Waals surface area contributed by atoms with Gasteiger partial charge in [-0.25, -0.2) is 9.59 Å². The van der Waals surface area contributed by atoms with Crippen molar-refractivity contribution in [2.75, 3.05) is 36.4 Å². The molecule has 1 aromatic heterocycles. The van der Waals surface area contributed by atoms with Crippen LogP contribution in [0.15, 0.2) is 51.7 Å². The van der Waals surface area contributed by atoms with Crippen LogP contribution in [-0.2, 0) is 6.42 Å². The molecule has 1 N–H and O–H groups in total. The molecule has 2 aromatic carbocycles. The van der Waals surface area contributed by atoms with Crippen LogP contribution in [0.1, 0.15) is 43.9 Å². The molecule has 190 valence electrons. The zero-order valence-electron chi connectivity index (χ0n) is 21.3. The van der Waals surface area contributed by atoms with Gasteiger partial charge in [-0.1, -0.05) is 13.3 Å². The summed E-state index contributed by atoms with van der Waals surface area (Å²) in [5.74, 6) is 0.744. The minimum absolute atomic E-state index is 0.176. The number of nitrogens with one attached hydrogen (secondary N) is 1. The number of carbonyl (C=O) groups excluding carboxylic acids is 1. The van der Waals surface area contributed by atoms with Gasteiger partial charge in [-0.15, -0.1) is 0 Å². The summed E-state index contributed by atoms with van der Waals surface area (Å²) in [5.41, 5.74) is 3.70. The number of ether oxygens (including phenoxy) is 1. The van der Waals surface area contributed by atoms with E-state index in [9.17, 15) is 9.59 Å². The third kappa shape index (κ3) is 4.90. The smallest absolute Gasteiger partial charge is 0.336 e. The summed E-state index contributed by atoms with van der Waals surface area (Å²) in [5, 5.41) is 12.7. The first kappa shape index (κ1) is 24.4. The lowest BCUT2D eigenvalue weighted by atomic mass is 9.95. The van der Waals surface area contributed by atoms with E-state index in [-0.39, 0.29) is 11.7 Å². The predicted molar refractivity (Wildman–Crippen MR) is 144 cm³/mol. The van der Waals surface area contributed by atoms with Crippen molar-refractivity contribution in [3.8, 4) is 11.8 Å². The number of carbonyl (C=O) groups is 1. The fourth-order valence-corrected chi connectivity index (χ4v) is 4.93. The zero-order chi connectivity index (χ0) is 26.2. The highest BCUT2D eigenvalue weighted by atomic mass is 16.5. The molecule has 2 aliphatic rings. The molecule has 8 nitrogen and oxygen atoms in total. The van der Waals surface area contributed by atoms with Gasteiger partial charge in [0, 0.05) is 49.6 Å². The van der Waals surface area contributed by atoms with Gasteiger partial charge >= 0.3 is 11.7 Å². The standard InChI is InChI=1S/C29H30N4O4/c1-4-5-20-16-25(34)36-24-17-23(22-10-11-29(2,3)37-27(22)26(20)24)32-12-14-33(15-13-32)28(35)31-21-8-6-19(18-30)7-9-21/h6-11,16-17H,4-5,12-15H2,1-3H3,(H,31,35). The first-order valence-electron chi connectivity index (χ1n) is 12.6. The quantitative estimate of drug-likeness (QED) is 0.499. The topological polar surface area (TPSA) is 98.8 Å². The Kier molecular flexibility index (Phi) is 6.38. The molecule has 0 bridgehead atoms. The third-order valence-electron chi connectivity index (χ3n) is 6.79. The summed E-state index contributed by atoms with van der Waals surface area (Å²) >= 11 is 0. The number of nitriles is 1. The zero-order valence-corrected chi connectivity index (χ0v) is 21.3. The first-order chi connectivity index (χ1) is 17.8. The largest absolute Gasteiger partial charge is 0.482 e. The van der Waals surface area contributed by atoms with Gasteiger partial charge in [0.1, 0.15) is 16.9 Å². The summed E-state index contributed by atoms with van der Waals surface area (Å²) in [6.07, 6.45) is 5.80. The maximum Gasteiger partial charge on any atom is 0.336 e. The van der Waals surface area contributed by atoms with E-state index >= 15 is 0 Å².